The van der Waals surface area contributed by atoms with Crippen LogP contribution in [-0.2, 0) is 16.1 Å². The molecule has 0 aliphatic carbocycles. The van der Waals surface area contributed by atoms with Gasteiger partial charge >= 0.3 is 12.1 Å². The summed E-state index contributed by atoms with van der Waals surface area (Å²) in [6, 6.07) is 7.93. The third kappa shape index (κ3) is 5.09. The number of carbonyl (C=O) groups is 2. The summed E-state index contributed by atoms with van der Waals surface area (Å²) in [4.78, 5) is 22.7. The van der Waals surface area contributed by atoms with Gasteiger partial charge in [-0.05, 0) is 11.5 Å². The lowest BCUT2D eigenvalue weighted by Crippen LogP contribution is -2.48. The Bertz CT molecular complexity index is 450. The lowest BCUT2D eigenvalue weighted by atomic mass is 10.0. The van der Waals surface area contributed by atoms with Crippen LogP contribution in [0.4, 0.5) is 4.79 Å². The Labute approximate surface area is 122 Å². The van der Waals surface area contributed by atoms with E-state index in [1.165, 1.54) is 0 Å². The van der Waals surface area contributed by atoms with E-state index in [2.05, 4.69) is 5.32 Å². The zero-order valence-electron chi connectivity index (χ0n) is 11.4. The van der Waals surface area contributed by atoms with Gasteiger partial charge in [-0.2, -0.15) is 0 Å². The number of halogens is 1. The predicted molar refractivity (Wildman–Crippen MR) is 75.7 cm³/mol. The van der Waals surface area contributed by atoms with E-state index in [1.54, 1.807) is 26.0 Å². The highest BCUT2D eigenvalue weighted by Gasteiger charge is 2.30. The van der Waals surface area contributed by atoms with Crippen LogP contribution < -0.4 is 5.32 Å². The molecule has 0 unspecified atom stereocenters. The number of benzene rings is 1. The Morgan fingerprint density at radius 1 is 1.30 bits per heavy atom. The number of carboxylic acid groups (broad SMARTS) is 1. The van der Waals surface area contributed by atoms with Gasteiger partial charge in [0.05, 0.1) is 5.38 Å². The van der Waals surface area contributed by atoms with Crippen molar-refractivity contribution in [3.63, 3.8) is 0 Å². The van der Waals surface area contributed by atoms with Gasteiger partial charge in [-0.3, -0.25) is 0 Å². The van der Waals surface area contributed by atoms with Crippen molar-refractivity contribution in [2.45, 2.75) is 31.9 Å². The van der Waals surface area contributed by atoms with Crippen molar-refractivity contribution in [2.75, 3.05) is 0 Å². The van der Waals surface area contributed by atoms with E-state index >= 15 is 0 Å². The number of amides is 1. The Hall–Kier alpha value is -1.75. The molecule has 110 valence electrons. The van der Waals surface area contributed by atoms with Crippen molar-refractivity contribution in [1.82, 2.24) is 5.32 Å². The van der Waals surface area contributed by atoms with E-state index in [0.717, 1.165) is 5.56 Å². The number of carbonyl (C=O) groups excluding carboxylic acids is 1. The Kier molecular flexibility index (Phi) is 6.31. The maximum Gasteiger partial charge on any atom is 0.408 e. The number of hydrogen-bond donors (Lipinski definition) is 2. The molecule has 0 aromatic heterocycles. The molecule has 0 saturated carbocycles. The normalized spacial score (nSPS) is 13.6. The molecule has 0 bridgehead atoms. The smallest absolute Gasteiger partial charge is 0.408 e. The molecule has 1 aromatic rings. The van der Waals surface area contributed by atoms with Gasteiger partial charge in [0, 0.05) is 0 Å². The first-order valence-electron chi connectivity index (χ1n) is 6.26. The van der Waals surface area contributed by atoms with Gasteiger partial charge in [-0.25, -0.2) is 9.59 Å². The fourth-order valence-electron chi connectivity index (χ4n) is 1.55. The van der Waals surface area contributed by atoms with Gasteiger partial charge in [0.25, 0.3) is 0 Å². The highest BCUT2D eigenvalue weighted by molar-refractivity contribution is 6.22. The zero-order valence-corrected chi connectivity index (χ0v) is 12.1. The molecule has 0 aliphatic rings. The number of alkyl carbamates (subject to hydrolysis) is 1. The topological polar surface area (TPSA) is 75.6 Å². The van der Waals surface area contributed by atoms with Crippen molar-refractivity contribution in [1.29, 1.82) is 0 Å². The van der Waals surface area contributed by atoms with Crippen LogP contribution in [0.5, 0.6) is 0 Å². The zero-order chi connectivity index (χ0) is 15.1. The summed E-state index contributed by atoms with van der Waals surface area (Å²) < 4.78 is 4.97. The SMILES string of the molecule is CC(C)[C@@H](Cl)[C@@H](NC(=O)OCc1ccccc1)C(=O)O. The Morgan fingerprint density at radius 2 is 1.90 bits per heavy atom. The summed E-state index contributed by atoms with van der Waals surface area (Å²) >= 11 is 5.99. The monoisotopic (exact) mass is 299 g/mol. The highest BCUT2D eigenvalue weighted by Crippen LogP contribution is 2.14. The van der Waals surface area contributed by atoms with Gasteiger partial charge in [-0.15, -0.1) is 11.6 Å². The van der Waals surface area contributed by atoms with Crippen molar-refractivity contribution in [3.8, 4) is 0 Å². The van der Waals surface area contributed by atoms with Crippen molar-refractivity contribution in [2.24, 2.45) is 5.92 Å². The Balaban J connectivity index is 2.52. The van der Waals surface area contributed by atoms with E-state index in [9.17, 15) is 9.59 Å². The highest BCUT2D eigenvalue weighted by atomic mass is 35.5. The van der Waals surface area contributed by atoms with Crippen LogP contribution in [0.15, 0.2) is 30.3 Å². The third-order valence-electron chi connectivity index (χ3n) is 2.71. The molecule has 2 N–H and O–H groups in total. The maximum absolute atomic E-state index is 11.6. The summed E-state index contributed by atoms with van der Waals surface area (Å²) in [5, 5.41) is 10.6. The fraction of sp³-hybridized carbons (Fsp3) is 0.429. The van der Waals surface area contributed by atoms with Crippen LogP contribution in [0.1, 0.15) is 19.4 Å². The van der Waals surface area contributed by atoms with Crippen LogP contribution in [-0.4, -0.2) is 28.6 Å². The maximum atomic E-state index is 11.6. The minimum atomic E-state index is -1.18. The minimum absolute atomic E-state index is 0.0770. The minimum Gasteiger partial charge on any atom is -0.480 e. The van der Waals surface area contributed by atoms with E-state index in [1.807, 2.05) is 18.2 Å². The van der Waals surface area contributed by atoms with E-state index < -0.39 is 23.5 Å². The second-order valence-corrected chi connectivity index (χ2v) is 5.21. The number of hydrogen-bond acceptors (Lipinski definition) is 3. The van der Waals surface area contributed by atoms with Gasteiger partial charge < -0.3 is 15.2 Å². The van der Waals surface area contributed by atoms with Crippen molar-refractivity contribution >= 4 is 23.7 Å². The number of ether oxygens (including phenoxy) is 1. The van der Waals surface area contributed by atoms with Gasteiger partial charge in [0.15, 0.2) is 0 Å². The summed E-state index contributed by atoms with van der Waals surface area (Å²) in [6.45, 7) is 3.64. The molecule has 1 amide bonds. The van der Waals surface area contributed by atoms with Crippen LogP contribution >= 0.6 is 11.6 Å². The van der Waals surface area contributed by atoms with Crippen LogP contribution in [0.2, 0.25) is 0 Å². The summed E-state index contributed by atoms with van der Waals surface area (Å²) in [5.74, 6) is -1.28. The lowest BCUT2D eigenvalue weighted by molar-refractivity contribution is -0.139. The van der Waals surface area contributed by atoms with Crippen LogP contribution in [0.3, 0.4) is 0 Å². The second-order valence-electron chi connectivity index (χ2n) is 4.71. The lowest BCUT2D eigenvalue weighted by Gasteiger charge is -2.22. The number of rotatable bonds is 6. The molecule has 20 heavy (non-hydrogen) atoms. The quantitative estimate of drug-likeness (QED) is 0.792. The number of aliphatic carboxylic acids is 1. The largest absolute Gasteiger partial charge is 0.480 e. The predicted octanol–water partition coefficient (Wildman–Crippen LogP) is 2.63. The van der Waals surface area contributed by atoms with Crippen molar-refractivity contribution in [3.05, 3.63) is 35.9 Å². The average molecular weight is 300 g/mol. The van der Waals surface area contributed by atoms with Crippen LogP contribution in [0.25, 0.3) is 0 Å². The molecule has 0 spiro atoms. The van der Waals surface area contributed by atoms with Gasteiger partial charge in [-0.1, -0.05) is 44.2 Å². The molecular formula is C14H18ClNO4. The molecule has 0 aliphatic heterocycles. The molecule has 2 atom stereocenters. The molecule has 1 aromatic carbocycles. The van der Waals surface area contributed by atoms with E-state index in [-0.39, 0.29) is 12.5 Å². The standard InChI is InChI=1S/C14H18ClNO4/c1-9(2)11(15)12(13(17)18)16-14(19)20-8-10-6-4-3-5-7-10/h3-7,9,11-12H,8H2,1-2H3,(H,16,19)(H,17,18)/t11-,12-/m1/s1. The first-order chi connectivity index (χ1) is 9.41. The van der Waals surface area contributed by atoms with Crippen LogP contribution in [0, 0.1) is 5.92 Å². The third-order valence-corrected chi connectivity index (χ3v) is 3.46. The molecule has 0 radical (unpaired) electrons. The molecule has 0 fully saturated rings. The Morgan fingerprint density at radius 3 is 2.40 bits per heavy atom. The number of carboxylic acids is 1. The van der Waals surface area contributed by atoms with Crippen molar-refractivity contribution < 1.29 is 19.4 Å². The molecule has 5 nitrogen and oxygen atoms in total. The molecule has 0 heterocycles. The van der Waals surface area contributed by atoms with E-state index in [0.29, 0.717) is 0 Å². The fourth-order valence-corrected chi connectivity index (χ4v) is 1.72. The molecular weight excluding hydrogens is 282 g/mol. The first kappa shape index (κ1) is 16.3. The molecule has 6 heteroatoms. The number of alkyl halides is 1. The van der Waals surface area contributed by atoms with Gasteiger partial charge in [0.2, 0.25) is 0 Å². The number of nitrogens with one attached hydrogen (secondary N) is 1. The molecule has 0 saturated heterocycles. The average Bonchev–Trinajstić information content (AvgIpc) is 2.42. The van der Waals surface area contributed by atoms with E-state index in [4.69, 9.17) is 21.4 Å². The first-order valence-corrected chi connectivity index (χ1v) is 6.69. The summed E-state index contributed by atoms with van der Waals surface area (Å²) in [6.07, 6.45) is -0.799. The molecule has 1 rings (SSSR count). The van der Waals surface area contributed by atoms with Gasteiger partial charge in [0.1, 0.15) is 12.6 Å². The second kappa shape index (κ2) is 7.75. The summed E-state index contributed by atoms with van der Waals surface area (Å²) in [7, 11) is 0. The summed E-state index contributed by atoms with van der Waals surface area (Å²) in [5.41, 5.74) is 0.820.